The van der Waals surface area contributed by atoms with Gasteiger partial charge in [-0.2, -0.15) is 0 Å². The van der Waals surface area contributed by atoms with E-state index in [1.54, 1.807) is 0 Å². The van der Waals surface area contributed by atoms with E-state index in [9.17, 15) is 0 Å². The quantitative estimate of drug-likeness (QED) is 0.645. The van der Waals surface area contributed by atoms with Crippen LogP contribution in [-0.4, -0.2) is 6.54 Å². The van der Waals surface area contributed by atoms with Gasteiger partial charge in [-0.15, -0.1) is 0 Å². The van der Waals surface area contributed by atoms with Gasteiger partial charge in [-0.1, -0.05) is 38.2 Å². The largest absolute Gasteiger partial charge is 0.330 e. The van der Waals surface area contributed by atoms with E-state index in [0.717, 1.165) is 19.4 Å². The molecule has 0 aliphatic rings. The molecule has 0 saturated heterocycles. The van der Waals surface area contributed by atoms with Gasteiger partial charge in [0.2, 0.25) is 0 Å². The SMILES string of the molecule is C/C=C\CC(C)(CN)C(/C=C\C)CC. The molecule has 2 atom stereocenters. The number of hydrogen-bond donors (Lipinski definition) is 1. The monoisotopic (exact) mass is 195 g/mol. The van der Waals surface area contributed by atoms with Gasteiger partial charge in [-0.05, 0) is 44.6 Å². The highest BCUT2D eigenvalue weighted by atomic mass is 14.6. The average molecular weight is 195 g/mol. The summed E-state index contributed by atoms with van der Waals surface area (Å²) in [5.41, 5.74) is 6.10. The molecule has 0 spiro atoms. The minimum Gasteiger partial charge on any atom is -0.330 e. The molecule has 0 fully saturated rings. The van der Waals surface area contributed by atoms with Crippen molar-refractivity contribution in [3.63, 3.8) is 0 Å². The van der Waals surface area contributed by atoms with Crippen LogP contribution in [0.1, 0.15) is 40.5 Å². The van der Waals surface area contributed by atoms with Gasteiger partial charge < -0.3 is 5.73 Å². The van der Waals surface area contributed by atoms with E-state index in [2.05, 4.69) is 52.0 Å². The summed E-state index contributed by atoms with van der Waals surface area (Å²) in [5.74, 6) is 0.591. The van der Waals surface area contributed by atoms with Gasteiger partial charge in [-0.25, -0.2) is 0 Å². The van der Waals surface area contributed by atoms with Crippen molar-refractivity contribution in [2.45, 2.75) is 40.5 Å². The first kappa shape index (κ1) is 13.4. The van der Waals surface area contributed by atoms with Gasteiger partial charge in [0.15, 0.2) is 0 Å². The Labute approximate surface area is 89.1 Å². The van der Waals surface area contributed by atoms with Crippen LogP contribution in [0.4, 0.5) is 0 Å². The summed E-state index contributed by atoms with van der Waals surface area (Å²) in [7, 11) is 0. The third-order valence-corrected chi connectivity index (χ3v) is 3.05. The minimum atomic E-state index is 0.216. The van der Waals surface area contributed by atoms with Crippen LogP contribution >= 0.6 is 0 Å². The Morgan fingerprint density at radius 2 is 1.93 bits per heavy atom. The van der Waals surface area contributed by atoms with Crippen LogP contribution < -0.4 is 5.73 Å². The molecule has 2 N–H and O–H groups in total. The van der Waals surface area contributed by atoms with E-state index in [1.165, 1.54) is 0 Å². The second-order valence-corrected chi connectivity index (χ2v) is 4.17. The highest BCUT2D eigenvalue weighted by Gasteiger charge is 2.28. The topological polar surface area (TPSA) is 26.0 Å². The molecule has 0 aromatic rings. The molecule has 0 saturated carbocycles. The lowest BCUT2D eigenvalue weighted by molar-refractivity contribution is 0.235. The van der Waals surface area contributed by atoms with Crippen molar-refractivity contribution in [3.8, 4) is 0 Å². The number of rotatable bonds is 6. The Hall–Kier alpha value is -0.560. The molecule has 0 rings (SSSR count). The van der Waals surface area contributed by atoms with Crippen LogP contribution in [0.15, 0.2) is 24.3 Å². The van der Waals surface area contributed by atoms with E-state index >= 15 is 0 Å². The van der Waals surface area contributed by atoms with E-state index < -0.39 is 0 Å². The molecular formula is C13H25N. The molecule has 14 heavy (non-hydrogen) atoms. The van der Waals surface area contributed by atoms with Crippen LogP contribution in [0.2, 0.25) is 0 Å². The molecule has 0 aliphatic heterocycles. The summed E-state index contributed by atoms with van der Waals surface area (Å²) in [6.45, 7) is 9.40. The summed E-state index contributed by atoms with van der Waals surface area (Å²) >= 11 is 0. The molecule has 0 aliphatic carbocycles. The van der Waals surface area contributed by atoms with Crippen LogP contribution in [0.25, 0.3) is 0 Å². The number of nitrogens with two attached hydrogens (primary N) is 1. The van der Waals surface area contributed by atoms with Gasteiger partial charge >= 0.3 is 0 Å². The van der Waals surface area contributed by atoms with Crippen molar-refractivity contribution < 1.29 is 0 Å². The molecule has 1 heteroatoms. The molecule has 0 aromatic carbocycles. The smallest absolute Gasteiger partial charge is 0.00146 e. The standard InChI is InChI=1S/C13H25N/c1-5-8-10-13(4,11-14)12(7-3)9-6-2/h5-6,8-9,12H,7,10-11,14H2,1-4H3/b8-5-,9-6-. The summed E-state index contributed by atoms with van der Waals surface area (Å²) in [6, 6.07) is 0. The van der Waals surface area contributed by atoms with E-state index in [0.29, 0.717) is 5.92 Å². The molecule has 0 aromatic heterocycles. The number of allylic oxidation sites excluding steroid dienone is 4. The van der Waals surface area contributed by atoms with Crippen LogP contribution in [0, 0.1) is 11.3 Å². The van der Waals surface area contributed by atoms with Gasteiger partial charge in [0, 0.05) is 0 Å². The van der Waals surface area contributed by atoms with Crippen LogP contribution in [0.3, 0.4) is 0 Å². The Kier molecular flexibility index (Phi) is 6.56. The average Bonchev–Trinajstić information content (AvgIpc) is 2.22. The van der Waals surface area contributed by atoms with Crippen molar-refractivity contribution in [1.82, 2.24) is 0 Å². The fourth-order valence-corrected chi connectivity index (χ4v) is 1.87. The van der Waals surface area contributed by atoms with Crippen molar-refractivity contribution in [1.29, 1.82) is 0 Å². The number of hydrogen-bond acceptors (Lipinski definition) is 1. The lowest BCUT2D eigenvalue weighted by atomic mass is 9.73. The Morgan fingerprint density at radius 1 is 1.29 bits per heavy atom. The highest BCUT2D eigenvalue weighted by molar-refractivity contribution is 4.99. The second-order valence-electron chi connectivity index (χ2n) is 4.17. The summed E-state index contributed by atoms with van der Waals surface area (Å²) < 4.78 is 0. The fourth-order valence-electron chi connectivity index (χ4n) is 1.87. The summed E-state index contributed by atoms with van der Waals surface area (Å²) in [4.78, 5) is 0. The van der Waals surface area contributed by atoms with Crippen LogP contribution in [0.5, 0.6) is 0 Å². The third kappa shape index (κ3) is 3.67. The highest BCUT2D eigenvalue weighted by Crippen LogP contribution is 2.34. The zero-order chi connectivity index (χ0) is 11.0. The minimum absolute atomic E-state index is 0.216. The van der Waals surface area contributed by atoms with Crippen molar-refractivity contribution in [2.24, 2.45) is 17.1 Å². The van der Waals surface area contributed by atoms with E-state index in [1.807, 2.05) is 0 Å². The maximum Gasteiger partial charge on any atom is -0.00146 e. The molecule has 0 radical (unpaired) electrons. The first-order valence-corrected chi connectivity index (χ1v) is 5.58. The van der Waals surface area contributed by atoms with Gasteiger partial charge in [-0.3, -0.25) is 0 Å². The summed E-state index contributed by atoms with van der Waals surface area (Å²) in [5, 5.41) is 0. The molecule has 2 unspecified atom stereocenters. The van der Waals surface area contributed by atoms with Gasteiger partial charge in [0.05, 0.1) is 0 Å². The zero-order valence-corrected chi connectivity index (χ0v) is 10.1. The second kappa shape index (κ2) is 6.83. The third-order valence-electron chi connectivity index (χ3n) is 3.05. The molecule has 0 amide bonds. The van der Waals surface area contributed by atoms with Crippen molar-refractivity contribution in [2.75, 3.05) is 6.54 Å². The van der Waals surface area contributed by atoms with Crippen molar-refractivity contribution >= 4 is 0 Å². The summed E-state index contributed by atoms with van der Waals surface area (Å²) in [6.07, 6.45) is 11.0. The van der Waals surface area contributed by atoms with Crippen LogP contribution in [-0.2, 0) is 0 Å². The Morgan fingerprint density at radius 3 is 2.29 bits per heavy atom. The predicted octanol–water partition coefficient (Wildman–Crippen LogP) is 3.52. The van der Waals surface area contributed by atoms with E-state index in [-0.39, 0.29) is 5.41 Å². The maximum atomic E-state index is 5.89. The van der Waals surface area contributed by atoms with Gasteiger partial charge in [0.1, 0.15) is 0 Å². The predicted molar refractivity (Wildman–Crippen MR) is 65.2 cm³/mol. The Balaban J connectivity index is 4.60. The first-order valence-electron chi connectivity index (χ1n) is 5.58. The molecule has 0 bridgehead atoms. The molecule has 0 heterocycles. The van der Waals surface area contributed by atoms with Gasteiger partial charge in [0.25, 0.3) is 0 Å². The molecular weight excluding hydrogens is 170 g/mol. The lowest BCUT2D eigenvalue weighted by Gasteiger charge is -2.33. The molecule has 1 nitrogen and oxygen atoms in total. The zero-order valence-electron chi connectivity index (χ0n) is 10.1. The maximum absolute atomic E-state index is 5.89. The van der Waals surface area contributed by atoms with Crippen molar-refractivity contribution in [3.05, 3.63) is 24.3 Å². The Bertz CT molecular complexity index is 193. The van der Waals surface area contributed by atoms with E-state index in [4.69, 9.17) is 5.73 Å². The normalized spacial score (nSPS) is 18.9. The fraction of sp³-hybridized carbons (Fsp3) is 0.692. The first-order chi connectivity index (χ1) is 6.64. The molecule has 82 valence electrons. The lowest BCUT2D eigenvalue weighted by Crippen LogP contribution is -2.33.